The number of esters is 1. The molecule has 0 atom stereocenters. The molecule has 0 radical (unpaired) electrons. The van der Waals surface area contributed by atoms with Crippen LogP contribution >= 0.6 is 23.1 Å². The zero-order chi connectivity index (χ0) is 17.5. The number of anilines is 1. The maximum absolute atomic E-state index is 11.9. The molecular formula is C15H14N2O5S2. The van der Waals surface area contributed by atoms with Crippen LogP contribution in [0.5, 0.6) is 0 Å². The molecule has 0 aliphatic heterocycles. The molecule has 0 unspecified atom stereocenters. The molecule has 126 valence electrons. The van der Waals surface area contributed by atoms with Gasteiger partial charge in [-0.1, -0.05) is 11.3 Å². The van der Waals surface area contributed by atoms with E-state index in [0.29, 0.717) is 22.8 Å². The van der Waals surface area contributed by atoms with Crippen LogP contribution in [0.1, 0.15) is 17.3 Å². The molecule has 1 amide bonds. The lowest BCUT2D eigenvalue weighted by atomic mass is 10.2. The number of benzene rings is 1. The Morgan fingerprint density at radius 3 is 2.62 bits per heavy atom. The van der Waals surface area contributed by atoms with E-state index in [1.807, 2.05) is 0 Å². The van der Waals surface area contributed by atoms with Crippen molar-refractivity contribution >= 4 is 45.7 Å². The Kier molecular flexibility index (Phi) is 6.33. The highest BCUT2D eigenvalue weighted by Gasteiger charge is 2.17. The number of amides is 1. The van der Waals surface area contributed by atoms with Crippen LogP contribution in [0.15, 0.2) is 40.6 Å². The average molecular weight is 366 g/mol. The van der Waals surface area contributed by atoms with E-state index in [0.717, 1.165) is 23.1 Å². The summed E-state index contributed by atoms with van der Waals surface area (Å²) in [6, 6.07) is 7.94. The summed E-state index contributed by atoms with van der Waals surface area (Å²) in [5, 5.41) is 15.1. The van der Waals surface area contributed by atoms with Crippen molar-refractivity contribution in [3.8, 4) is 0 Å². The lowest BCUT2D eigenvalue weighted by molar-refractivity contribution is -0.382. The normalized spacial score (nSPS) is 10.2. The summed E-state index contributed by atoms with van der Waals surface area (Å²) in [6.07, 6.45) is 0. The monoisotopic (exact) mass is 366 g/mol. The van der Waals surface area contributed by atoms with Gasteiger partial charge in [-0.2, -0.15) is 0 Å². The van der Waals surface area contributed by atoms with Gasteiger partial charge in [0.25, 0.3) is 0 Å². The first-order chi connectivity index (χ1) is 11.5. The zero-order valence-electron chi connectivity index (χ0n) is 12.7. The molecule has 2 aromatic rings. The van der Waals surface area contributed by atoms with Crippen molar-refractivity contribution in [1.29, 1.82) is 0 Å². The van der Waals surface area contributed by atoms with Gasteiger partial charge in [0.05, 0.1) is 27.7 Å². The number of carbonyl (C=O) groups excluding carboxylic acids is 2. The van der Waals surface area contributed by atoms with Crippen molar-refractivity contribution in [2.75, 3.05) is 17.7 Å². The van der Waals surface area contributed by atoms with E-state index in [-0.39, 0.29) is 16.7 Å². The standard InChI is InChI=1S/C15H14N2O5S2/c1-2-22-15(19)10-3-5-11(6-4-10)16-13(18)9-24-12-7-8-23-14(12)17(20)21/h3-8H,2,9H2,1H3,(H,16,18). The van der Waals surface area contributed by atoms with Gasteiger partial charge in [-0.15, -0.1) is 11.8 Å². The first-order valence-corrected chi connectivity index (χ1v) is 8.79. The second-order valence-corrected chi connectivity index (χ2v) is 6.39. The van der Waals surface area contributed by atoms with Crippen molar-refractivity contribution in [2.45, 2.75) is 11.8 Å². The molecule has 1 aromatic carbocycles. The van der Waals surface area contributed by atoms with Gasteiger partial charge in [-0.3, -0.25) is 14.9 Å². The Morgan fingerprint density at radius 1 is 1.29 bits per heavy atom. The number of hydrogen-bond acceptors (Lipinski definition) is 7. The maximum Gasteiger partial charge on any atom is 0.338 e. The average Bonchev–Trinajstić information content (AvgIpc) is 3.02. The van der Waals surface area contributed by atoms with E-state index in [1.165, 1.54) is 0 Å². The van der Waals surface area contributed by atoms with E-state index in [4.69, 9.17) is 4.74 Å². The zero-order valence-corrected chi connectivity index (χ0v) is 14.3. The molecule has 1 N–H and O–H groups in total. The summed E-state index contributed by atoms with van der Waals surface area (Å²) in [7, 11) is 0. The first kappa shape index (κ1) is 18.0. The van der Waals surface area contributed by atoms with Gasteiger partial charge in [0, 0.05) is 5.69 Å². The number of carbonyl (C=O) groups is 2. The minimum Gasteiger partial charge on any atom is -0.462 e. The van der Waals surface area contributed by atoms with Crippen LogP contribution in [0.4, 0.5) is 10.7 Å². The molecule has 0 fully saturated rings. The van der Waals surface area contributed by atoms with Crippen LogP contribution in [0, 0.1) is 10.1 Å². The Morgan fingerprint density at radius 2 is 2.00 bits per heavy atom. The van der Waals surface area contributed by atoms with E-state index < -0.39 is 10.9 Å². The van der Waals surface area contributed by atoms with Gasteiger partial charge in [0.1, 0.15) is 0 Å². The van der Waals surface area contributed by atoms with Gasteiger partial charge >= 0.3 is 11.0 Å². The van der Waals surface area contributed by atoms with Crippen molar-refractivity contribution in [3.63, 3.8) is 0 Å². The number of ether oxygens (including phenoxy) is 1. The Bertz CT molecular complexity index is 743. The molecule has 0 spiro atoms. The molecule has 1 aromatic heterocycles. The summed E-state index contributed by atoms with van der Waals surface area (Å²) >= 11 is 2.13. The van der Waals surface area contributed by atoms with Gasteiger partial charge in [0.2, 0.25) is 5.91 Å². The predicted molar refractivity (Wildman–Crippen MR) is 92.7 cm³/mol. The molecule has 24 heavy (non-hydrogen) atoms. The van der Waals surface area contributed by atoms with Gasteiger partial charge < -0.3 is 10.1 Å². The summed E-state index contributed by atoms with van der Waals surface area (Å²) < 4.78 is 4.88. The number of thioether (sulfide) groups is 1. The topological polar surface area (TPSA) is 98.5 Å². The highest BCUT2D eigenvalue weighted by molar-refractivity contribution is 8.00. The number of thiophene rings is 1. The minimum absolute atomic E-state index is 0.0339. The molecule has 0 saturated carbocycles. The fourth-order valence-corrected chi connectivity index (χ4v) is 3.51. The molecular weight excluding hydrogens is 352 g/mol. The van der Waals surface area contributed by atoms with Crippen molar-refractivity contribution in [2.24, 2.45) is 0 Å². The van der Waals surface area contributed by atoms with Crippen molar-refractivity contribution < 1.29 is 19.2 Å². The summed E-state index contributed by atoms with van der Waals surface area (Å²) in [5.74, 6) is -0.655. The molecule has 9 heteroatoms. The second-order valence-electron chi connectivity index (χ2n) is 4.48. The minimum atomic E-state index is -0.459. The quantitative estimate of drug-likeness (QED) is 0.348. The van der Waals surface area contributed by atoms with Crippen molar-refractivity contribution in [1.82, 2.24) is 0 Å². The maximum atomic E-state index is 11.9. The molecule has 0 bridgehead atoms. The van der Waals surface area contributed by atoms with Crippen LogP contribution in [-0.4, -0.2) is 29.2 Å². The number of hydrogen-bond donors (Lipinski definition) is 1. The van der Waals surface area contributed by atoms with Crippen LogP contribution in [0.25, 0.3) is 0 Å². The molecule has 0 saturated heterocycles. The number of nitrogens with one attached hydrogen (secondary N) is 1. The Hall–Kier alpha value is -2.39. The third-order valence-corrected chi connectivity index (χ3v) is 4.85. The molecule has 0 aliphatic rings. The lowest BCUT2D eigenvalue weighted by Gasteiger charge is -2.06. The SMILES string of the molecule is CCOC(=O)c1ccc(NC(=O)CSc2ccsc2[N+](=O)[O-])cc1. The predicted octanol–water partition coefficient (Wildman–Crippen LogP) is 3.56. The second kappa shape index (κ2) is 8.46. The van der Waals surface area contributed by atoms with Crippen LogP contribution in [0.2, 0.25) is 0 Å². The fraction of sp³-hybridized carbons (Fsp3) is 0.200. The first-order valence-electron chi connectivity index (χ1n) is 6.93. The van der Waals surface area contributed by atoms with Crippen LogP contribution < -0.4 is 5.32 Å². The smallest absolute Gasteiger partial charge is 0.338 e. The largest absolute Gasteiger partial charge is 0.462 e. The third kappa shape index (κ3) is 4.80. The summed E-state index contributed by atoms with van der Waals surface area (Å²) in [5.41, 5.74) is 0.937. The Balaban J connectivity index is 1.89. The number of rotatable bonds is 7. The molecule has 0 aliphatic carbocycles. The van der Waals surface area contributed by atoms with E-state index in [1.54, 1.807) is 42.6 Å². The third-order valence-electron chi connectivity index (χ3n) is 2.81. The summed E-state index contributed by atoms with van der Waals surface area (Å²) in [6.45, 7) is 2.02. The highest BCUT2D eigenvalue weighted by Crippen LogP contribution is 2.34. The van der Waals surface area contributed by atoms with Crippen LogP contribution in [-0.2, 0) is 9.53 Å². The van der Waals surface area contributed by atoms with E-state index >= 15 is 0 Å². The highest BCUT2D eigenvalue weighted by atomic mass is 32.2. The van der Waals surface area contributed by atoms with Gasteiger partial charge in [-0.25, -0.2) is 4.79 Å². The number of nitrogens with zero attached hydrogens (tertiary/aromatic N) is 1. The summed E-state index contributed by atoms with van der Waals surface area (Å²) in [4.78, 5) is 34.3. The van der Waals surface area contributed by atoms with E-state index in [2.05, 4.69) is 5.32 Å². The van der Waals surface area contributed by atoms with Crippen molar-refractivity contribution in [3.05, 3.63) is 51.4 Å². The molecule has 1 heterocycles. The van der Waals surface area contributed by atoms with Gasteiger partial charge in [0.15, 0.2) is 0 Å². The molecule has 7 nitrogen and oxygen atoms in total. The lowest BCUT2D eigenvalue weighted by Crippen LogP contribution is -2.14. The van der Waals surface area contributed by atoms with Crippen LogP contribution in [0.3, 0.4) is 0 Å². The number of nitro groups is 1. The van der Waals surface area contributed by atoms with Gasteiger partial charge in [-0.05, 0) is 42.6 Å². The van der Waals surface area contributed by atoms with E-state index in [9.17, 15) is 19.7 Å². The Labute approximate surface area is 146 Å². The molecule has 2 rings (SSSR count). The fourth-order valence-electron chi connectivity index (χ4n) is 1.78.